The van der Waals surface area contributed by atoms with Gasteiger partial charge in [0.1, 0.15) is 12.5 Å². The van der Waals surface area contributed by atoms with Gasteiger partial charge in [-0.1, -0.05) is 6.07 Å². The zero-order chi connectivity index (χ0) is 7.40. The van der Waals surface area contributed by atoms with E-state index in [-0.39, 0.29) is 0 Å². The van der Waals surface area contributed by atoms with Crippen LogP contribution in [0.15, 0.2) is 18.3 Å². The first-order valence-electron chi connectivity index (χ1n) is 3.06. The SMILES string of the molecule is CNc1ncccc1CF. The molecule has 1 rings (SSSR count). The smallest absolute Gasteiger partial charge is 0.131 e. The molecular formula is C7H9FN2. The molecule has 0 amide bonds. The Morgan fingerprint density at radius 2 is 2.50 bits per heavy atom. The molecule has 0 radical (unpaired) electrons. The molecule has 0 aliphatic rings. The molecule has 0 unspecified atom stereocenters. The van der Waals surface area contributed by atoms with Crippen LogP contribution in [0.5, 0.6) is 0 Å². The summed E-state index contributed by atoms with van der Waals surface area (Å²) in [6, 6.07) is 3.43. The van der Waals surface area contributed by atoms with Gasteiger partial charge in [-0.3, -0.25) is 0 Å². The third-order valence-corrected chi connectivity index (χ3v) is 1.27. The van der Waals surface area contributed by atoms with Crippen LogP contribution in [0, 0.1) is 0 Å². The Labute approximate surface area is 59.1 Å². The summed E-state index contributed by atoms with van der Waals surface area (Å²) in [6.45, 7) is -0.468. The van der Waals surface area contributed by atoms with Crippen molar-refractivity contribution in [3.63, 3.8) is 0 Å². The van der Waals surface area contributed by atoms with Crippen molar-refractivity contribution in [3.8, 4) is 0 Å². The van der Waals surface area contributed by atoms with Crippen molar-refractivity contribution in [2.75, 3.05) is 12.4 Å². The molecule has 1 N–H and O–H groups in total. The molecule has 1 heterocycles. The Morgan fingerprint density at radius 3 is 3.00 bits per heavy atom. The average molecular weight is 140 g/mol. The summed E-state index contributed by atoms with van der Waals surface area (Å²) < 4.78 is 12.1. The highest BCUT2D eigenvalue weighted by atomic mass is 19.1. The van der Waals surface area contributed by atoms with Crippen molar-refractivity contribution in [2.24, 2.45) is 0 Å². The highest BCUT2D eigenvalue weighted by molar-refractivity contribution is 5.42. The third kappa shape index (κ3) is 1.23. The van der Waals surface area contributed by atoms with Gasteiger partial charge in [0.05, 0.1) is 0 Å². The summed E-state index contributed by atoms with van der Waals surface area (Å²) in [4.78, 5) is 3.92. The maximum Gasteiger partial charge on any atom is 0.131 e. The molecule has 0 fully saturated rings. The minimum Gasteiger partial charge on any atom is -0.373 e. The van der Waals surface area contributed by atoms with E-state index in [0.29, 0.717) is 11.4 Å². The number of aromatic nitrogens is 1. The summed E-state index contributed by atoms with van der Waals surface area (Å²) in [5, 5.41) is 2.80. The van der Waals surface area contributed by atoms with Gasteiger partial charge in [-0.15, -0.1) is 0 Å². The van der Waals surface area contributed by atoms with Crippen LogP contribution in [0.4, 0.5) is 10.2 Å². The summed E-state index contributed by atoms with van der Waals surface area (Å²) in [5.74, 6) is 0.616. The lowest BCUT2D eigenvalue weighted by atomic mass is 10.3. The van der Waals surface area contributed by atoms with Gasteiger partial charge in [-0.25, -0.2) is 9.37 Å². The largest absolute Gasteiger partial charge is 0.373 e. The summed E-state index contributed by atoms with van der Waals surface area (Å²) >= 11 is 0. The van der Waals surface area contributed by atoms with E-state index in [4.69, 9.17) is 0 Å². The fourth-order valence-electron chi connectivity index (χ4n) is 0.772. The van der Waals surface area contributed by atoms with E-state index >= 15 is 0 Å². The predicted molar refractivity (Wildman–Crippen MR) is 38.6 cm³/mol. The Balaban J connectivity index is 2.96. The van der Waals surface area contributed by atoms with Crippen molar-refractivity contribution >= 4 is 5.82 Å². The third-order valence-electron chi connectivity index (χ3n) is 1.27. The maximum atomic E-state index is 12.1. The zero-order valence-corrected chi connectivity index (χ0v) is 5.76. The second kappa shape index (κ2) is 3.15. The fraction of sp³-hybridized carbons (Fsp3) is 0.286. The number of hydrogen-bond acceptors (Lipinski definition) is 2. The predicted octanol–water partition coefficient (Wildman–Crippen LogP) is 1.59. The first-order valence-corrected chi connectivity index (χ1v) is 3.06. The van der Waals surface area contributed by atoms with Crippen LogP contribution in [-0.4, -0.2) is 12.0 Å². The van der Waals surface area contributed by atoms with Gasteiger partial charge in [-0.05, 0) is 6.07 Å². The van der Waals surface area contributed by atoms with E-state index in [9.17, 15) is 4.39 Å². The monoisotopic (exact) mass is 140 g/mol. The quantitative estimate of drug-likeness (QED) is 0.674. The zero-order valence-electron chi connectivity index (χ0n) is 5.76. The molecule has 1 aromatic rings. The molecule has 0 aromatic carbocycles. The summed E-state index contributed by atoms with van der Waals surface area (Å²) in [6.07, 6.45) is 1.63. The second-order valence-electron chi connectivity index (χ2n) is 1.89. The molecule has 0 spiro atoms. The van der Waals surface area contributed by atoms with E-state index in [2.05, 4.69) is 10.3 Å². The number of hydrogen-bond donors (Lipinski definition) is 1. The van der Waals surface area contributed by atoms with Crippen LogP contribution >= 0.6 is 0 Å². The van der Waals surface area contributed by atoms with Gasteiger partial charge in [0.15, 0.2) is 0 Å². The van der Waals surface area contributed by atoms with E-state index in [1.165, 1.54) is 0 Å². The molecule has 54 valence electrons. The van der Waals surface area contributed by atoms with Crippen LogP contribution < -0.4 is 5.32 Å². The van der Waals surface area contributed by atoms with Crippen molar-refractivity contribution in [3.05, 3.63) is 23.9 Å². The van der Waals surface area contributed by atoms with E-state index in [1.807, 2.05) is 0 Å². The minimum absolute atomic E-state index is 0.468. The second-order valence-corrected chi connectivity index (χ2v) is 1.89. The molecule has 0 atom stereocenters. The van der Waals surface area contributed by atoms with E-state index < -0.39 is 6.67 Å². The number of alkyl halides is 1. The van der Waals surface area contributed by atoms with Crippen molar-refractivity contribution in [1.82, 2.24) is 4.98 Å². The molecule has 0 saturated carbocycles. The van der Waals surface area contributed by atoms with Crippen molar-refractivity contribution in [1.29, 1.82) is 0 Å². The van der Waals surface area contributed by atoms with Crippen LogP contribution in [0.3, 0.4) is 0 Å². The Morgan fingerprint density at radius 1 is 1.70 bits per heavy atom. The molecular weight excluding hydrogens is 131 g/mol. The molecule has 2 nitrogen and oxygen atoms in total. The molecule has 0 aliphatic carbocycles. The van der Waals surface area contributed by atoms with Gasteiger partial charge in [0.2, 0.25) is 0 Å². The lowest BCUT2D eigenvalue weighted by Gasteiger charge is -2.01. The van der Waals surface area contributed by atoms with Gasteiger partial charge in [0, 0.05) is 18.8 Å². The van der Waals surface area contributed by atoms with E-state index in [0.717, 1.165) is 0 Å². The van der Waals surface area contributed by atoms with E-state index in [1.54, 1.807) is 25.4 Å². The number of rotatable bonds is 2. The minimum atomic E-state index is -0.468. The maximum absolute atomic E-state index is 12.1. The lowest BCUT2D eigenvalue weighted by molar-refractivity contribution is 0.485. The average Bonchev–Trinajstić information content (AvgIpc) is 2.04. The van der Waals surface area contributed by atoms with Gasteiger partial charge < -0.3 is 5.32 Å². The standard InChI is InChI=1S/C7H9FN2/c1-9-7-6(5-8)3-2-4-10-7/h2-4H,5H2,1H3,(H,9,10). The molecule has 0 bridgehead atoms. The molecule has 0 saturated heterocycles. The van der Waals surface area contributed by atoms with Gasteiger partial charge in [-0.2, -0.15) is 0 Å². The van der Waals surface area contributed by atoms with Crippen molar-refractivity contribution < 1.29 is 4.39 Å². The number of halogens is 1. The van der Waals surface area contributed by atoms with Crippen LogP contribution in [0.1, 0.15) is 5.56 Å². The topological polar surface area (TPSA) is 24.9 Å². The van der Waals surface area contributed by atoms with Crippen LogP contribution in [0.25, 0.3) is 0 Å². The molecule has 0 aliphatic heterocycles. The fourth-order valence-corrected chi connectivity index (χ4v) is 0.772. The first-order chi connectivity index (χ1) is 4.88. The Bertz CT molecular complexity index is 190. The highest BCUT2D eigenvalue weighted by Gasteiger charge is 1.97. The number of pyridine rings is 1. The molecule has 10 heavy (non-hydrogen) atoms. The van der Waals surface area contributed by atoms with Gasteiger partial charge >= 0.3 is 0 Å². The lowest BCUT2D eigenvalue weighted by Crippen LogP contribution is -1.95. The number of nitrogens with one attached hydrogen (secondary N) is 1. The summed E-state index contributed by atoms with van der Waals surface area (Å²) in [7, 11) is 1.72. The summed E-state index contributed by atoms with van der Waals surface area (Å²) in [5.41, 5.74) is 0.602. The number of nitrogens with zero attached hydrogens (tertiary/aromatic N) is 1. The molecule has 3 heteroatoms. The molecule has 1 aromatic heterocycles. The van der Waals surface area contributed by atoms with Crippen LogP contribution in [0.2, 0.25) is 0 Å². The first kappa shape index (κ1) is 6.99. The van der Waals surface area contributed by atoms with Gasteiger partial charge in [0.25, 0.3) is 0 Å². The number of anilines is 1. The van der Waals surface area contributed by atoms with Crippen LogP contribution in [-0.2, 0) is 6.67 Å². The normalized spacial score (nSPS) is 9.40. The Kier molecular flexibility index (Phi) is 2.20. The Hall–Kier alpha value is -1.12. The highest BCUT2D eigenvalue weighted by Crippen LogP contribution is 2.10. The van der Waals surface area contributed by atoms with Crippen molar-refractivity contribution in [2.45, 2.75) is 6.67 Å².